The van der Waals surface area contributed by atoms with Crippen LogP contribution in [0.2, 0.25) is 0 Å². The molecule has 2 fully saturated rings. The molecule has 4 rings (SSSR count). The predicted octanol–water partition coefficient (Wildman–Crippen LogP) is 3.89. The molecule has 0 amide bonds. The van der Waals surface area contributed by atoms with Crippen molar-refractivity contribution in [2.75, 3.05) is 26.2 Å². The van der Waals surface area contributed by atoms with Gasteiger partial charge >= 0.3 is 0 Å². The van der Waals surface area contributed by atoms with Crippen LogP contribution < -0.4 is 4.74 Å². The van der Waals surface area contributed by atoms with Gasteiger partial charge in [0, 0.05) is 55.9 Å². The van der Waals surface area contributed by atoms with E-state index in [2.05, 4.69) is 40.8 Å². The van der Waals surface area contributed by atoms with E-state index in [0.717, 1.165) is 68.7 Å². The normalized spacial score (nSPS) is 25.9. The Balaban J connectivity index is 1.44. The number of hydrogen-bond donors (Lipinski definition) is 0. The maximum atomic E-state index is 11.5. The van der Waals surface area contributed by atoms with Gasteiger partial charge in [0.05, 0.1) is 5.69 Å². The topological polar surface area (TPSA) is 45.7 Å². The number of nitrogens with zero attached hydrogens (tertiary/aromatic N) is 3. The van der Waals surface area contributed by atoms with Crippen LogP contribution in [-0.2, 0) is 4.79 Å². The third-order valence-electron chi connectivity index (χ3n) is 6.64. The van der Waals surface area contributed by atoms with E-state index in [-0.39, 0.29) is 12.0 Å². The molecule has 1 aromatic carbocycles. The van der Waals surface area contributed by atoms with Crippen LogP contribution >= 0.6 is 0 Å². The molecule has 2 heterocycles. The number of carbonyl (C=O) groups excluding carboxylic acids is 1. The molecule has 160 valence electrons. The van der Waals surface area contributed by atoms with Gasteiger partial charge in [-0.2, -0.15) is 0 Å². The third-order valence-corrected chi connectivity index (χ3v) is 6.64. The van der Waals surface area contributed by atoms with Gasteiger partial charge in [0.25, 0.3) is 0 Å². The number of piperazine rings is 1. The van der Waals surface area contributed by atoms with E-state index >= 15 is 0 Å². The van der Waals surface area contributed by atoms with Gasteiger partial charge in [-0.05, 0) is 69.5 Å². The highest BCUT2D eigenvalue weighted by Crippen LogP contribution is 2.31. The lowest BCUT2D eigenvalue weighted by molar-refractivity contribution is -0.114. The Labute approximate surface area is 180 Å². The summed E-state index contributed by atoms with van der Waals surface area (Å²) >= 11 is 0. The first-order valence-corrected chi connectivity index (χ1v) is 11.3. The lowest BCUT2D eigenvalue weighted by atomic mass is 9.83. The van der Waals surface area contributed by atoms with Crippen molar-refractivity contribution in [1.82, 2.24) is 14.8 Å². The highest BCUT2D eigenvalue weighted by atomic mass is 16.5. The second-order valence-electron chi connectivity index (χ2n) is 8.84. The maximum absolute atomic E-state index is 11.5. The van der Waals surface area contributed by atoms with E-state index in [1.165, 1.54) is 0 Å². The zero-order chi connectivity index (χ0) is 20.9. The zero-order valence-electron chi connectivity index (χ0n) is 18.1. The number of aldehydes is 1. The number of rotatable bonds is 6. The van der Waals surface area contributed by atoms with Crippen LogP contribution in [0.25, 0.3) is 11.3 Å². The Kier molecular flexibility index (Phi) is 6.80. The Bertz CT molecular complexity index is 801. The Morgan fingerprint density at radius 1 is 1.03 bits per heavy atom. The van der Waals surface area contributed by atoms with Crippen LogP contribution in [0.3, 0.4) is 0 Å². The fourth-order valence-corrected chi connectivity index (χ4v) is 4.79. The van der Waals surface area contributed by atoms with Crippen molar-refractivity contribution in [3.05, 3.63) is 48.7 Å². The number of carbonyl (C=O) groups is 1. The Morgan fingerprint density at radius 2 is 1.80 bits per heavy atom. The van der Waals surface area contributed by atoms with Gasteiger partial charge in [-0.3, -0.25) is 14.8 Å². The van der Waals surface area contributed by atoms with E-state index in [1.807, 2.05) is 36.5 Å². The first-order valence-electron chi connectivity index (χ1n) is 11.3. The summed E-state index contributed by atoms with van der Waals surface area (Å²) in [5.74, 6) is 1.06. The van der Waals surface area contributed by atoms with Crippen LogP contribution in [0.5, 0.6) is 5.75 Å². The molecule has 30 heavy (non-hydrogen) atoms. The maximum Gasteiger partial charge on any atom is 0.123 e. The monoisotopic (exact) mass is 407 g/mol. The highest BCUT2D eigenvalue weighted by Gasteiger charge is 2.37. The van der Waals surface area contributed by atoms with Crippen LogP contribution in [0, 0.1) is 5.92 Å². The van der Waals surface area contributed by atoms with E-state index in [9.17, 15) is 4.79 Å². The Hall–Kier alpha value is -2.24. The second kappa shape index (κ2) is 9.71. The minimum Gasteiger partial charge on any atom is -0.489 e. The molecular weight excluding hydrogens is 374 g/mol. The summed E-state index contributed by atoms with van der Waals surface area (Å²) in [5, 5.41) is 0. The fourth-order valence-electron chi connectivity index (χ4n) is 4.79. The first kappa shape index (κ1) is 21.0. The van der Waals surface area contributed by atoms with Gasteiger partial charge in [0.15, 0.2) is 0 Å². The molecule has 5 heteroatoms. The van der Waals surface area contributed by atoms with Gasteiger partial charge in [-0.1, -0.05) is 6.07 Å². The van der Waals surface area contributed by atoms with E-state index < -0.39 is 0 Å². The summed E-state index contributed by atoms with van der Waals surface area (Å²) in [6.45, 7) is 8.80. The third kappa shape index (κ3) is 4.90. The standard InChI is InChI=1S/C25H33N3O2/c1-19(2)27-13-15-28(16-14-27)24-17-20(18-29)6-11-25(24)30-22-9-7-21(8-10-22)23-5-3-4-12-26-23/h3-5,7-10,12,18-20,24-25H,6,11,13-17H2,1-2H3. The molecule has 0 bridgehead atoms. The minimum absolute atomic E-state index is 0.132. The highest BCUT2D eigenvalue weighted by molar-refractivity contribution is 5.59. The quantitative estimate of drug-likeness (QED) is 0.680. The summed E-state index contributed by atoms with van der Waals surface area (Å²) in [6, 6.07) is 15.1. The van der Waals surface area contributed by atoms with Crippen molar-refractivity contribution in [1.29, 1.82) is 0 Å². The van der Waals surface area contributed by atoms with Crippen LogP contribution in [0.4, 0.5) is 0 Å². The largest absolute Gasteiger partial charge is 0.489 e. The number of ether oxygens (including phenoxy) is 1. The summed E-state index contributed by atoms with van der Waals surface area (Å²) in [6.07, 6.45) is 5.85. The molecule has 2 aromatic rings. The fraction of sp³-hybridized carbons (Fsp3) is 0.520. The van der Waals surface area contributed by atoms with Crippen LogP contribution in [0.1, 0.15) is 33.1 Å². The summed E-state index contributed by atoms with van der Waals surface area (Å²) < 4.78 is 6.49. The molecule has 3 atom stereocenters. The van der Waals surface area contributed by atoms with Crippen molar-refractivity contribution in [2.24, 2.45) is 5.92 Å². The molecule has 5 nitrogen and oxygen atoms in total. The molecule has 1 aliphatic carbocycles. The molecule has 0 spiro atoms. The molecule has 1 aromatic heterocycles. The average molecular weight is 408 g/mol. The molecule has 1 saturated carbocycles. The second-order valence-corrected chi connectivity index (χ2v) is 8.84. The molecule has 0 N–H and O–H groups in total. The lowest BCUT2D eigenvalue weighted by Crippen LogP contribution is -2.57. The van der Waals surface area contributed by atoms with Gasteiger partial charge < -0.3 is 9.53 Å². The van der Waals surface area contributed by atoms with Gasteiger partial charge in [0.1, 0.15) is 18.1 Å². The molecule has 2 aliphatic rings. The van der Waals surface area contributed by atoms with Crippen molar-refractivity contribution < 1.29 is 9.53 Å². The van der Waals surface area contributed by atoms with E-state index in [0.29, 0.717) is 12.1 Å². The SMILES string of the molecule is CC(C)N1CCN(C2CC(C=O)CCC2Oc2ccc(-c3ccccn3)cc2)CC1. The average Bonchev–Trinajstić information content (AvgIpc) is 2.80. The summed E-state index contributed by atoms with van der Waals surface area (Å²) in [5.41, 5.74) is 2.06. The van der Waals surface area contributed by atoms with Gasteiger partial charge in [-0.25, -0.2) is 0 Å². The summed E-state index contributed by atoms with van der Waals surface area (Å²) in [7, 11) is 0. The van der Waals surface area contributed by atoms with Crippen LogP contribution in [0.15, 0.2) is 48.7 Å². The lowest BCUT2D eigenvalue weighted by Gasteiger charge is -2.45. The molecule has 3 unspecified atom stereocenters. The minimum atomic E-state index is 0.132. The van der Waals surface area contributed by atoms with Crippen molar-refractivity contribution in [3.63, 3.8) is 0 Å². The Morgan fingerprint density at radius 3 is 2.43 bits per heavy atom. The van der Waals surface area contributed by atoms with Gasteiger partial charge in [0.2, 0.25) is 0 Å². The molecule has 1 saturated heterocycles. The van der Waals surface area contributed by atoms with Crippen molar-refractivity contribution in [3.8, 4) is 17.0 Å². The zero-order valence-corrected chi connectivity index (χ0v) is 18.1. The molecule has 0 radical (unpaired) electrons. The van der Waals surface area contributed by atoms with Crippen molar-refractivity contribution >= 4 is 6.29 Å². The van der Waals surface area contributed by atoms with Crippen LogP contribution in [-0.4, -0.2) is 65.4 Å². The predicted molar refractivity (Wildman–Crippen MR) is 120 cm³/mol. The van der Waals surface area contributed by atoms with Crippen molar-refractivity contribution in [2.45, 2.75) is 51.3 Å². The number of hydrogen-bond acceptors (Lipinski definition) is 5. The number of aromatic nitrogens is 1. The number of pyridine rings is 1. The molecule has 1 aliphatic heterocycles. The van der Waals surface area contributed by atoms with Gasteiger partial charge in [-0.15, -0.1) is 0 Å². The van der Waals surface area contributed by atoms with E-state index in [4.69, 9.17) is 4.74 Å². The summed E-state index contributed by atoms with van der Waals surface area (Å²) in [4.78, 5) is 21.0. The number of benzene rings is 1. The first-order chi connectivity index (χ1) is 14.6. The van der Waals surface area contributed by atoms with E-state index in [1.54, 1.807) is 0 Å². The smallest absolute Gasteiger partial charge is 0.123 e. The molecular formula is C25H33N3O2.